The SMILES string of the molecule is O=C(Nc1ccccc1C(=O)NCCN1CCNCC1)c1ccsc1. The lowest BCUT2D eigenvalue weighted by molar-refractivity contribution is 0.0948. The van der Waals surface area contributed by atoms with Crippen LogP contribution in [0.25, 0.3) is 0 Å². The molecule has 6 nitrogen and oxygen atoms in total. The van der Waals surface area contributed by atoms with Gasteiger partial charge in [0.15, 0.2) is 0 Å². The lowest BCUT2D eigenvalue weighted by Crippen LogP contribution is -2.46. The predicted octanol–water partition coefficient (Wildman–Crippen LogP) is 1.64. The third-order valence-corrected chi connectivity index (χ3v) is 4.81. The maximum Gasteiger partial charge on any atom is 0.256 e. The van der Waals surface area contributed by atoms with Crippen molar-refractivity contribution in [3.63, 3.8) is 0 Å². The van der Waals surface area contributed by atoms with Gasteiger partial charge in [0.25, 0.3) is 11.8 Å². The van der Waals surface area contributed by atoms with Crippen molar-refractivity contribution in [2.75, 3.05) is 44.6 Å². The van der Waals surface area contributed by atoms with Crippen LogP contribution in [0.1, 0.15) is 20.7 Å². The van der Waals surface area contributed by atoms with Crippen LogP contribution in [0.3, 0.4) is 0 Å². The molecular weight excluding hydrogens is 336 g/mol. The van der Waals surface area contributed by atoms with Gasteiger partial charge in [0, 0.05) is 44.6 Å². The van der Waals surface area contributed by atoms with Gasteiger partial charge < -0.3 is 16.0 Å². The fourth-order valence-corrected chi connectivity index (χ4v) is 3.37. The van der Waals surface area contributed by atoms with Crippen molar-refractivity contribution in [1.29, 1.82) is 0 Å². The highest BCUT2D eigenvalue weighted by Gasteiger charge is 2.15. The predicted molar refractivity (Wildman–Crippen MR) is 100 cm³/mol. The Morgan fingerprint density at radius 3 is 2.68 bits per heavy atom. The minimum absolute atomic E-state index is 0.170. The van der Waals surface area contributed by atoms with Gasteiger partial charge in [-0.2, -0.15) is 11.3 Å². The molecule has 1 saturated heterocycles. The van der Waals surface area contributed by atoms with E-state index < -0.39 is 0 Å². The number of amides is 2. The number of hydrogen-bond acceptors (Lipinski definition) is 5. The second-order valence-electron chi connectivity index (χ2n) is 5.86. The van der Waals surface area contributed by atoms with Crippen LogP contribution in [0.2, 0.25) is 0 Å². The molecule has 3 N–H and O–H groups in total. The van der Waals surface area contributed by atoms with E-state index in [4.69, 9.17) is 0 Å². The summed E-state index contributed by atoms with van der Waals surface area (Å²) < 4.78 is 0. The van der Waals surface area contributed by atoms with Crippen molar-refractivity contribution in [3.05, 3.63) is 52.2 Å². The maximum atomic E-state index is 12.5. The Morgan fingerprint density at radius 1 is 1.12 bits per heavy atom. The van der Waals surface area contributed by atoms with Crippen LogP contribution in [-0.4, -0.2) is 56.0 Å². The van der Waals surface area contributed by atoms with Gasteiger partial charge in [0.2, 0.25) is 0 Å². The standard InChI is InChI=1S/C18H22N4O2S/c23-17(14-5-12-25-13-14)21-16-4-2-1-3-15(16)18(24)20-8-11-22-9-6-19-7-10-22/h1-5,12-13,19H,6-11H2,(H,20,24)(H,21,23). The molecule has 3 rings (SSSR count). The minimum atomic E-state index is -0.206. The smallest absolute Gasteiger partial charge is 0.256 e. The number of rotatable bonds is 6. The molecule has 0 atom stereocenters. The highest BCUT2D eigenvalue weighted by atomic mass is 32.1. The number of thiophene rings is 1. The number of para-hydroxylation sites is 1. The topological polar surface area (TPSA) is 73.5 Å². The molecule has 1 aromatic heterocycles. The highest BCUT2D eigenvalue weighted by Crippen LogP contribution is 2.17. The van der Waals surface area contributed by atoms with Crippen LogP contribution in [0, 0.1) is 0 Å². The van der Waals surface area contributed by atoms with Gasteiger partial charge in [-0.15, -0.1) is 0 Å². The number of anilines is 1. The fourth-order valence-electron chi connectivity index (χ4n) is 2.74. The number of piperazine rings is 1. The number of hydrogen-bond donors (Lipinski definition) is 3. The summed E-state index contributed by atoms with van der Waals surface area (Å²) in [5.74, 6) is -0.376. The summed E-state index contributed by atoms with van der Waals surface area (Å²) in [6.45, 7) is 5.41. The Morgan fingerprint density at radius 2 is 1.92 bits per heavy atom. The maximum absolute atomic E-state index is 12.5. The molecule has 0 aliphatic carbocycles. The van der Waals surface area contributed by atoms with Gasteiger partial charge in [-0.05, 0) is 23.6 Å². The van der Waals surface area contributed by atoms with Gasteiger partial charge in [0.1, 0.15) is 0 Å². The van der Waals surface area contributed by atoms with Crippen molar-refractivity contribution in [3.8, 4) is 0 Å². The molecule has 1 aromatic carbocycles. The van der Waals surface area contributed by atoms with Crippen LogP contribution < -0.4 is 16.0 Å². The van der Waals surface area contributed by atoms with Crippen molar-refractivity contribution in [2.24, 2.45) is 0 Å². The molecule has 2 aromatic rings. The van der Waals surface area contributed by atoms with E-state index in [-0.39, 0.29) is 11.8 Å². The number of carbonyl (C=O) groups is 2. The van der Waals surface area contributed by atoms with E-state index in [0.717, 1.165) is 32.7 Å². The van der Waals surface area contributed by atoms with E-state index in [1.165, 1.54) is 11.3 Å². The van der Waals surface area contributed by atoms with Gasteiger partial charge in [-0.25, -0.2) is 0 Å². The number of nitrogens with one attached hydrogen (secondary N) is 3. The second-order valence-corrected chi connectivity index (χ2v) is 6.64. The van der Waals surface area contributed by atoms with Gasteiger partial charge >= 0.3 is 0 Å². The first-order valence-electron chi connectivity index (χ1n) is 8.38. The second kappa shape index (κ2) is 8.75. The molecule has 7 heteroatoms. The van der Waals surface area contributed by atoms with E-state index in [9.17, 15) is 9.59 Å². The highest BCUT2D eigenvalue weighted by molar-refractivity contribution is 7.08. The zero-order valence-electron chi connectivity index (χ0n) is 14.0. The zero-order chi connectivity index (χ0) is 17.5. The van der Waals surface area contributed by atoms with Crippen molar-refractivity contribution in [1.82, 2.24) is 15.5 Å². The molecular formula is C18H22N4O2S. The molecule has 0 radical (unpaired) electrons. The Balaban J connectivity index is 1.57. The third-order valence-electron chi connectivity index (χ3n) is 4.13. The molecule has 1 fully saturated rings. The molecule has 2 amide bonds. The molecule has 2 heterocycles. The van der Waals surface area contributed by atoms with E-state index in [0.29, 0.717) is 23.4 Å². The van der Waals surface area contributed by atoms with Crippen molar-refractivity contribution in [2.45, 2.75) is 0 Å². The Bertz CT molecular complexity index is 712. The molecule has 0 saturated carbocycles. The molecule has 0 unspecified atom stereocenters. The number of carbonyl (C=O) groups excluding carboxylic acids is 2. The van der Waals surface area contributed by atoms with E-state index >= 15 is 0 Å². The molecule has 1 aliphatic heterocycles. The molecule has 25 heavy (non-hydrogen) atoms. The first-order valence-corrected chi connectivity index (χ1v) is 9.32. The zero-order valence-corrected chi connectivity index (χ0v) is 14.8. The lowest BCUT2D eigenvalue weighted by Gasteiger charge is -2.27. The summed E-state index contributed by atoms with van der Waals surface area (Å²) in [5, 5.41) is 12.7. The normalized spacial score (nSPS) is 14.9. The first kappa shape index (κ1) is 17.6. The van der Waals surface area contributed by atoms with E-state index in [1.807, 2.05) is 5.38 Å². The number of benzene rings is 1. The van der Waals surface area contributed by atoms with Crippen LogP contribution in [-0.2, 0) is 0 Å². The minimum Gasteiger partial charge on any atom is -0.351 e. The monoisotopic (exact) mass is 358 g/mol. The van der Waals surface area contributed by atoms with Crippen LogP contribution in [0.5, 0.6) is 0 Å². The molecule has 0 spiro atoms. The fraction of sp³-hybridized carbons (Fsp3) is 0.333. The molecule has 0 bridgehead atoms. The Hall–Kier alpha value is -2.22. The molecule has 1 aliphatic rings. The van der Waals surface area contributed by atoms with Crippen molar-refractivity contribution < 1.29 is 9.59 Å². The number of nitrogens with zero attached hydrogens (tertiary/aromatic N) is 1. The van der Waals surface area contributed by atoms with E-state index in [2.05, 4.69) is 20.9 Å². The summed E-state index contributed by atoms with van der Waals surface area (Å²) in [4.78, 5) is 27.0. The quantitative estimate of drug-likeness (QED) is 0.734. The lowest BCUT2D eigenvalue weighted by atomic mass is 10.1. The Kier molecular flexibility index (Phi) is 6.16. The average molecular weight is 358 g/mol. The summed E-state index contributed by atoms with van der Waals surface area (Å²) in [5.41, 5.74) is 1.60. The third kappa shape index (κ3) is 4.88. The van der Waals surface area contributed by atoms with Crippen LogP contribution >= 0.6 is 11.3 Å². The van der Waals surface area contributed by atoms with Crippen LogP contribution in [0.15, 0.2) is 41.1 Å². The van der Waals surface area contributed by atoms with Gasteiger partial charge in [-0.1, -0.05) is 12.1 Å². The Labute approximate surface area is 151 Å². The summed E-state index contributed by atoms with van der Waals surface area (Å²) in [6, 6.07) is 8.83. The van der Waals surface area contributed by atoms with Crippen LogP contribution in [0.4, 0.5) is 5.69 Å². The average Bonchev–Trinajstić information content (AvgIpc) is 3.18. The summed E-state index contributed by atoms with van der Waals surface area (Å²) in [6.07, 6.45) is 0. The largest absolute Gasteiger partial charge is 0.351 e. The van der Waals surface area contributed by atoms with E-state index in [1.54, 1.807) is 35.7 Å². The van der Waals surface area contributed by atoms with Crippen molar-refractivity contribution >= 4 is 28.8 Å². The van der Waals surface area contributed by atoms with Gasteiger partial charge in [-0.3, -0.25) is 14.5 Å². The molecule has 132 valence electrons. The summed E-state index contributed by atoms with van der Waals surface area (Å²) in [7, 11) is 0. The first-order chi connectivity index (χ1) is 12.2. The van der Waals surface area contributed by atoms with Gasteiger partial charge in [0.05, 0.1) is 16.8 Å². The summed E-state index contributed by atoms with van der Waals surface area (Å²) >= 11 is 1.46.